The zero-order valence-corrected chi connectivity index (χ0v) is 13.8. The summed E-state index contributed by atoms with van der Waals surface area (Å²) >= 11 is 3.62. The van der Waals surface area contributed by atoms with Crippen LogP contribution in [0.5, 0.6) is 0 Å². The van der Waals surface area contributed by atoms with Crippen LogP contribution in [0, 0.1) is 17.5 Å². The van der Waals surface area contributed by atoms with Gasteiger partial charge in [-0.25, -0.2) is 13.2 Å². The predicted octanol–water partition coefficient (Wildman–Crippen LogP) is 4.38. The molecule has 21 heavy (non-hydrogen) atoms. The molecule has 1 saturated heterocycles. The average molecular weight is 335 g/mol. The monoisotopic (exact) mass is 335 g/mol. The highest BCUT2D eigenvalue weighted by Gasteiger charge is 2.33. The van der Waals surface area contributed by atoms with E-state index in [-0.39, 0.29) is 16.9 Å². The maximum absolute atomic E-state index is 14.2. The molecule has 1 aromatic rings. The SMILES string of the molecule is CCCNC(c1ccc(F)c(F)c1F)C1SCCSC1C. The summed E-state index contributed by atoms with van der Waals surface area (Å²) < 4.78 is 40.8. The van der Waals surface area contributed by atoms with Gasteiger partial charge in [-0.3, -0.25) is 0 Å². The highest BCUT2D eigenvalue weighted by molar-refractivity contribution is 8.07. The lowest BCUT2D eigenvalue weighted by Crippen LogP contribution is -2.38. The van der Waals surface area contributed by atoms with Crippen LogP contribution in [0.3, 0.4) is 0 Å². The lowest BCUT2D eigenvalue weighted by atomic mass is 10.00. The summed E-state index contributed by atoms with van der Waals surface area (Å²) in [6.45, 7) is 4.86. The molecule has 1 heterocycles. The largest absolute Gasteiger partial charge is 0.309 e. The molecule has 0 aromatic heterocycles. The molecule has 0 amide bonds. The fourth-order valence-electron chi connectivity index (χ4n) is 2.50. The van der Waals surface area contributed by atoms with Gasteiger partial charge in [-0.05, 0) is 19.0 Å². The quantitative estimate of drug-likeness (QED) is 0.802. The minimum Gasteiger partial charge on any atom is -0.309 e. The maximum Gasteiger partial charge on any atom is 0.194 e. The van der Waals surface area contributed by atoms with Crippen LogP contribution in [0.15, 0.2) is 12.1 Å². The van der Waals surface area contributed by atoms with Gasteiger partial charge in [-0.2, -0.15) is 23.5 Å². The molecule has 3 unspecified atom stereocenters. The Balaban J connectivity index is 2.33. The molecule has 3 atom stereocenters. The fraction of sp³-hybridized carbons (Fsp3) is 0.600. The van der Waals surface area contributed by atoms with Crippen LogP contribution in [0.1, 0.15) is 31.9 Å². The van der Waals surface area contributed by atoms with Gasteiger partial charge in [0.05, 0.1) is 0 Å². The Bertz CT molecular complexity index is 484. The molecule has 2 rings (SSSR count). The lowest BCUT2D eigenvalue weighted by Gasteiger charge is -2.35. The molecule has 118 valence electrons. The Kier molecular flexibility index (Phi) is 6.32. The maximum atomic E-state index is 14.2. The van der Waals surface area contributed by atoms with Crippen LogP contribution in [-0.4, -0.2) is 28.6 Å². The third-order valence-electron chi connectivity index (χ3n) is 3.58. The van der Waals surface area contributed by atoms with Gasteiger partial charge in [0, 0.05) is 33.6 Å². The van der Waals surface area contributed by atoms with Crippen molar-refractivity contribution in [2.45, 2.75) is 36.8 Å². The van der Waals surface area contributed by atoms with Gasteiger partial charge in [0.1, 0.15) is 0 Å². The molecular weight excluding hydrogens is 315 g/mol. The van der Waals surface area contributed by atoms with E-state index in [1.165, 1.54) is 6.07 Å². The van der Waals surface area contributed by atoms with E-state index in [1.54, 1.807) is 11.8 Å². The van der Waals surface area contributed by atoms with Crippen LogP contribution in [-0.2, 0) is 0 Å². The lowest BCUT2D eigenvalue weighted by molar-refractivity contribution is 0.419. The molecule has 0 bridgehead atoms. The van der Waals surface area contributed by atoms with Gasteiger partial charge >= 0.3 is 0 Å². The molecule has 0 saturated carbocycles. The van der Waals surface area contributed by atoms with E-state index in [0.717, 1.165) is 30.5 Å². The van der Waals surface area contributed by atoms with Gasteiger partial charge in [0.25, 0.3) is 0 Å². The van der Waals surface area contributed by atoms with E-state index >= 15 is 0 Å². The summed E-state index contributed by atoms with van der Waals surface area (Å²) in [5, 5.41) is 3.80. The van der Waals surface area contributed by atoms with Crippen molar-refractivity contribution in [3.63, 3.8) is 0 Å². The Labute approximate surface area is 132 Å². The van der Waals surface area contributed by atoms with Crippen molar-refractivity contribution < 1.29 is 13.2 Å². The zero-order valence-electron chi connectivity index (χ0n) is 12.2. The standard InChI is InChI=1S/C15H20F3NS2/c1-3-6-19-14(15-9(2)20-7-8-21-15)10-4-5-11(16)13(18)12(10)17/h4-5,9,14-15,19H,3,6-8H2,1-2H3. The van der Waals surface area contributed by atoms with Crippen molar-refractivity contribution in [1.82, 2.24) is 5.32 Å². The van der Waals surface area contributed by atoms with Crippen LogP contribution < -0.4 is 5.32 Å². The number of hydrogen-bond donors (Lipinski definition) is 1. The molecule has 1 N–H and O–H groups in total. The molecule has 0 aliphatic carbocycles. The first-order valence-corrected chi connectivity index (χ1v) is 9.26. The Hall–Kier alpha value is -0.330. The molecule has 1 nitrogen and oxygen atoms in total. The van der Waals surface area contributed by atoms with Gasteiger partial charge in [0.15, 0.2) is 17.5 Å². The minimum atomic E-state index is -1.38. The number of hydrogen-bond acceptors (Lipinski definition) is 3. The first-order chi connectivity index (χ1) is 10.1. The molecule has 0 spiro atoms. The third-order valence-corrected chi connectivity index (χ3v) is 6.77. The van der Waals surface area contributed by atoms with Crippen LogP contribution in [0.4, 0.5) is 13.2 Å². The molecule has 1 fully saturated rings. The van der Waals surface area contributed by atoms with E-state index in [2.05, 4.69) is 12.2 Å². The van der Waals surface area contributed by atoms with Gasteiger partial charge in [-0.15, -0.1) is 0 Å². The van der Waals surface area contributed by atoms with E-state index in [0.29, 0.717) is 5.25 Å². The summed E-state index contributed by atoms with van der Waals surface area (Å²) in [5.74, 6) is -1.51. The normalized spacial score (nSPS) is 24.0. The van der Waals surface area contributed by atoms with Crippen molar-refractivity contribution in [3.8, 4) is 0 Å². The second kappa shape index (κ2) is 7.79. The topological polar surface area (TPSA) is 12.0 Å². The van der Waals surface area contributed by atoms with Crippen LogP contribution in [0.2, 0.25) is 0 Å². The number of halogens is 3. The minimum absolute atomic E-state index is 0.148. The summed E-state index contributed by atoms with van der Waals surface area (Å²) in [6, 6.07) is 2.08. The third kappa shape index (κ3) is 3.90. The van der Waals surface area contributed by atoms with Crippen molar-refractivity contribution in [3.05, 3.63) is 35.1 Å². The van der Waals surface area contributed by atoms with Crippen molar-refractivity contribution in [2.24, 2.45) is 0 Å². The highest BCUT2D eigenvalue weighted by atomic mass is 32.2. The van der Waals surface area contributed by atoms with E-state index < -0.39 is 17.5 Å². The van der Waals surface area contributed by atoms with Crippen LogP contribution in [0.25, 0.3) is 0 Å². The number of benzene rings is 1. The second-order valence-corrected chi connectivity index (χ2v) is 7.88. The number of thioether (sulfide) groups is 2. The van der Waals surface area contributed by atoms with E-state index in [9.17, 15) is 13.2 Å². The molecule has 1 aliphatic rings. The molecular formula is C15H20F3NS2. The van der Waals surface area contributed by atoms with Gasteiger partial charge in [0.2, 0.25) is 0 Å². The Morgan fingerprint density at radius 3 is 2.57 bits per heavy atom. The summed E-state index contributed by atoms with van der Waals surface area (Å²) in [6.07, 6.45) is 0.903. The zero-order chi connectivity index (χ0) is 15.4. The molecule has 1 aliphatic heterocycles. The molecule has 6 heteroatoms. The van der Waals surface area contributed by atoms with Gasteiger partial charge in [-0.1, -0.05) is 19.9 Å². The first-order valence-electron chi connectivity index (χ1n) is 7.16. The fourth-order valence-corrected chi connectivity index (χ4v) is 5.44. The Morgan fingerprint density at radius 2 is 1.90 bits per heavy atom. The van der Waals surface area contributed by atoms with Crippen molar-refractivity contribution in [1.29, 1.82) is 0 Å². The van der Waals surface area contributed by atoms with Crippen molar-refractivity contribution >= 4 is 23.5 Å². The van der Waals surface area contributed by atoms with Crippen molar-refractivity contribution in [2.75, 3.05) is 18.1 Å². The van der Waals surface area contributed by atoms with E-state index in [1.807, 2.05) is 18.7 Å². The smallest absolute Gasteiger partial charge is 0.194 e. The predicted molar refractivity (Wildman–Crippen MR) is 85.5 cm³/mol. The summed E-state index contributed by atoms with van der Waals surface area (Å²) in [5.41, 5.74) is 0.231. The van der Waals surface area contributed by atoms with E-state index in [4.69, 9.17) is 0 Å². The number of rotatable bonds is 5. The highest BCUT2D eigenvalue weighted by Crippen LogP contribution is 2.39. The first kappa shape index (κ1) is 17.0. The molecule has 0 radical (unpaired) electrons. The van der Waals surface area contributed by atoms with Gasteiger partial charge < -0.3 is 5.32 Å². The second-order valence-electron chi connectivity index (χ2n) is 5.11. The summed E-state index contributed by atoms with van der Waals surface area (Å²) in [4.78, 5) is 0. The number of nitrogens with one attached hydrogen (secondary N) is 1. The average Bonchev–Trinajstić information content (AvgIpc) is 2.48. The van der Waals surface area contributed by atoms with Crippen LogP contribution >= 0.6 is 23.5 Å². The summed E-state index contributed by atoms with van der Waals surface area (Å²) in [7, 11) is 0. The Morgan fingerprint density at radius 1 is 1.19 bits per heavy atom. The molecule has 1 aromatic carbocycles.